The van der Waals surface area contributed by atoms with Crippen molar-refractivity contribution in [2.45, 2.75) is 67.9 Å². The van der Waals surface area contributed by atoms with Gasteiger partial charge in [-0.1, -0.05) is 12.1 Å². The molecule has 1 aromatic carbocycles. The van der Waals surface area contributed by atoms with E-state index in [2.05, 4.69) is 35.8 Å². The van der Waals surface area contributed by atoms with Crippen LogP contribution in [0.25, 0.3) is 0 Å². The highest BCUT2D eigenvalue weighted by Crippen LogP contribution is 2.30. The van der Waals surface area contributed by atoms with Crippen LogP contribution in [0.5, 0.6) is 0 Å². The first-order valence-electron chi connectivity index (χ1n) is 10.3. The van der Waals surface area contributed by atoms with Crippen molar-refractivity contribution in [3.8, 4) is 0 Å². The van der Waals surface area contributed by atoms with Crippen molar-refractivity contribution in [1.82, 2.24) is 10.2 Å². The van der Waals surface area contributed by atoms with Gasteiger partial charge in [0.05, 0.1) is 6.10 Å². The zero-order chi connectivity index (χ0) is 20.0. The molecule has 1 aromatic rings. The van der Waals surface area contributed by atoms with Crippen molar-refractivity contribution in [1.29, 1.82) is 0 Å². The van der Waals surface area contributed by atoms with E-state index in [0.29, 0.717) is 25.8 Å². The molecule has 0 aliphatic carbocycles. The predicted molar refractivity (Wildman–Crippen MR) is 112 cm³/mol. The molecule has 0 bridgehead atoms. The molecule has 3 rings (SSSR count). The Hall–Kier alpha value is -1.53. The van der Waals surface area contributed by atoms with Gasteiger partial charge in [-0.15, -0.1) is 11.8 Å². The molecule has 0 radical (unpaired) electrons. The number of rotatable bonds is 8. The third kappa shape index (κ3) is 5.74. The van der Waals surface area contributed by atoms with Crippen LogP contribution in [-0.4, -0.2) is 54.8 Å². The second-order valence-electron chi connectivity index (χ2n) is 8.12. The molecule has 0 spiro atoms. The van der Waals surface area contributed by atoms with Gasteiger partial charge in [0.15, 0.2) is 0 Å². The number of hydrogen-bond donors (Lipinski definition) is 1. The molecular formula is C22H32N2O3S. The van der Waals surface area contributed by atoms with Crippen LogP contribution in [0.2, 0.25) is 0 Å². The fourth-order valence-electron chi connectivity index (χ4n) is 4.21. The lowest BCUT2D eigenvalue weighted by molar-refractivity contribution is -0.133. The third-order valence-corrected chi connectivity index (χ3v) is 6.67. The zero-order valence-electron chi connectivity index (χ0n) is 17.0. The Morgan fingerprint density at radius 2 is 2.11 bits per heavy atom. The number of hydrogen-bond acceptors (Lipinski definition) is 4. The highest BCUT2D eigenvalue weighted by Gasteiger charge is 2.38. The van der Waals surface area contributed by atoms with E-state index in [9.17, 15) is 9.59 Å². The quantitative estimate of drug-likeness (QED) is 0.675. The Morgan fingerprint density at radius 1 is 1.32 bits per heavy atom. The van der Waals surface area contributed by atoms with E-state index in [1.165, 1.54) is 16.9 Å². The Balaban J connectivity index is 1.57. The maximum atomic E-state index is 12.7. The summed E-state index contributed by atoms with van der Waals surface area (Å²) in [5, 5.41) is 3.18. The van der Waals surface area contributed by atoms with Gasteiger partial charge in [-0.25, -0.2) is 0 Å². The zero-order valence-corrected chi connectivity index (χ0v) is 17.9. The van der Waals surface area contributed by atoms with Crippen LogP contribution in [-0.2, 0) is 20.7 Å². The summed E-state index contributed by atoms with van der Waals surface area (Å²) in [6, 6.07) is 8.50. The van der Waals surface area contributed by atoms with E-state index in [4.69, 9.17) is 4.74 Å². The van der Waals surface area contributed by atoms with Crippen molar-refractivity contribution >= 4 is 23.6 Å². The molecule has 2 saturated heterocycles. The van der Waals surface area contributed by atoms with E-state index < -0.39 is 0 Å². The molecule has 2 heterocycles. The summed E-state index contributed by atoms with van der Waals surface area (Å²) in [5.74, 6) is 0.226. The van der Waals surface area contributed by atoms with E-state index >= 15 is 0 Å². The Labute approximate surface area is 172 Å². The summed E-state index contributed by atoms with van der Waals surface area (Å²) >= 11 is 1.72. The summed E-state index contributed by atoms with van der Waals surface area (Å²) in [6.45, 7) is 1.46. The fraction of sp³-hybridized carbons (Fsp3) is 0.636. The second-order valence-corrected chi connectivity index (χ2v) is 9.00. The third-order valence-electron chi connectivity index (χ3n) is 5.93. The van der Waals surface area contributed by atoms with Crippen molar-refractivity contribution in [2.75, 3.05) is 26.5 Å². The highest BCUT2D eigenvalue weighted by molar-refractivity contribution is 7.98. The first kappa shape index (κ1) is 21.2. The molecule has 0 aromatic heterocycles. The molecule has 28 heavy (non-hydrogen) atoms. The van der Waals surface area contributed by atoms with Crippen LogP contribution >= 0.6 is 11.8 Å². The number of likely N-dealkylation sites (N-methyl/N-ethyl adjacent to an activating group) is 1. The van der Waals surface area contributed by atoms with Crippen LogP contribution in [0.3, 0.4) is 0 Å². The van der Waals surface area contributed by atoms with Crippen molar-refractivity contribution in [3.05, 3.63) is 29.8 Å². The number of carbonyl (C=O) groups excluding carboxylic acids is 2. The topological polar surface area (TPSA) is 58.6 Å². The molecule has 6 heteroatoms. The number of carbonyl (C=O) groups is 2. The lowest BCUT2D eigenvalue weighted by Gasteiger charge is -2.31. The van der Waals surface area contributed by atoms with Crippen molar-refractivity contribution < 1.29 is 14.3 Å². The highest BCUT2D eigenvalue weighted by atomic mass is 32.2. The molecule has 0 unspecified atom stereocenters. The van der Waals surface area contributed by atoms with Gasteiger partial charge in [0.1, 0.15) is 0 Å². The average Bonchev–Trinajstić information content (AvgIpc) is 3.08. The van der Waals surface area contributed by atoms with Gasteiger partial charge in [-0.05, 0) is 62.5 Å². The lowest BCUT2D eigenvalue weighted by Crippen LogP contribution is -2.45. The second kappa shape index (κ2) is 9.79. The van der Waals surface area contributed by atoms with Crippen LogP contribution in [0.4, 0.5) is 0 Å². The molecule has 2 aliphatic rings. The van der Waals surface area contributed by atoms with Crippen molar-refractivity contribution in [3.63, 3.8) is 0 Å². The molecule has 2 atom stereocenters. The SMILES string of the molecule is CSc1ccc(C[C@]2(CCC(=O)N(C)C[C@@H]3CCCCO3)CCC(=O)N2)cc1. The van der Waals surface area contributed by atoms with Crippen LogP contribution in [0.15, 0.2) is 29.2 Å². The minimum Gasteiger partial charge on any atom is -0.376 e. The van der Waals surface area contributed by atoms with E-state index in [1.807, 2.05) is 7.05 Å². The molecule has 154 valence electrons. The van der Waals surface area contributed by atoms with Gasteiger partial charge < -0.3 is 15.0 Å². The number of amides is 2. The Morgan fingerprint density at radius 3 is 2.71 bits per heavy atom. The Kier molecular flexibility index (Phi) is 7.41. The normalized spacial score (nSPS) is 24.8. The van der Waals surface area contributed by atoms with E-state index in [-0.39, 0.29) is 23.5 Å². The molecule has 2 aliphatic heterocycles. The molecular weight excluding hydrogens is 372 g/mol. The van der Waals surface area contributed by atoms with Crippen LogP contribution in [0, 0.1) is 0 Å². The largest absolute Gasteiger partial charge is 0.376 e. The summed E-state index contributed by atoms with van der Waals surface area (Å²) < 4.78 is 5.76. The van der Waals surface area contributed by atoms with Gasteiger partial charge in [-0.2, -0.15) is 0 Å². The first-order chi connectivity index (χ1) is 13.5. The van der Waals surface area contributed by atoms with Crippen molar-refractivity contribution in [2.24, 2.45) is 0 Å². The summed E-state index contributed by atoms with van der Waals surface area (Å²) in [4.78, 5) is 27.7. The summed E-state index contributed by atoms with van der Waals surface area (Å²) in [5.41, 5.74) is 0.895. The Bertz CT molecular complexity index is 673. The van der Waals surface area contributed by atoms with Gasteiger partial charge >= 0.3 is 0 Å². The molecule has 2 fully saturated rings. The minimum absolute atomic E-state index is 0.0946. The molecule has 2 amide bonds. The monoisotopic (exact) mass is 404 g/mol. The van der Waals surface area contributed by atoms with E-state index in [0.717, 1.165) is 32.3 Å². The van der Waals surface area contributed by atoms with Gasteiger partial charge in [0.25, 0.3) is 0 Å². The molecule has 1 N–H and O–H groups in total. The first-order valence-corrected chi connectivity index (χ1v) is 11.5. The maximum absolute atomic E-state index is 12.7. The van der Waals surface area contributed by atoms with Gasteiger partial charge in [-0.3, -0.25) is 9.59 Å². The minimum atomic E-state index is -0.310. The maximum Gasteiger partial charge on any atom is 0.222 e. The van der Waals surface area contributed by atoms with Gasteiger partial charge in [0, 0.05) is 43.5 Å². The predicted octanol–water partition coefficient (Wildman–Crippen LogP) is 3.41. The summed E-state index contributed by atoms with van der Waals surface area (Å²) in [7, 11) is 1.86. The average molecular weight is 405 g/mol. The number of nitrogens with zero attached hydrogens (tertiary/aromatic N) is 1. The number of benzene rings is 1. The molecule has 5 nitrogen and oxygen atoms in total. The number of nitrogens with one attached hydrogen (secondary N) is 1. The fourth-order valence-corrected chi connectivity index (χ4v) is 4.62. The smallest absolute Gasteiger partial charge is 0.222 e. The number of thioether (sulfide) groups is 1. The van der Waals surface area contributed by atoms with Gasteiger partial charge in [0.2, 0.25) is 11.8 Å². The van der Waals surface area contributed by atoms with E-state index in [1.54, 1.807) is 16.7 Å². The standard InChI is InChI=1S/C22H32N2O3S/c1-24(16-18-5-3-4-14-27-18)21(26)11-13-22(12-10-20(25)23-22)15-17-6-8-19(28-2)9-7-17/h6-9,18H,3-5,10-16H2,1-2H3,(H,23,25)/t18-,22+/m0/s1. The summed E-state index contributed by atoms with van der Waals surface area (Å²) in [6.07, 6.45) is 8.79. The van der Waals surface area contributed by atoms with Crippen LogP contribution in [0.1, 0.15) is 50.5 Å². The lowest BCUT2D eigenvalue weighted by atomic mass is 9.85. The molecule has 0 saturated carbocycles. The number of ether oxygens (including phenoxy) is 1. The van der Waals surface area contributed by atoms with Crippen LogP contribution < -0.4 is 5.32 Å².